The number of hydrazone groups is 1. The molecule has 0 aliphatic heterocycles. The van der Waals surface area contributed by atoms with Crippen molar-refractivity contribution in [2.24, 2.45) is 5.10 Å². The Morgan fingerprint density at radius 2 is 1.64 bits per heavy atom. The second-order valence-electron chi connectivity index (χ2n) is 5.74. The number of phenols is 1. The van der Waals surface area contributed by atoms with Gasteiger partial charge in [0.1, 0.15) is 5.75 Å². The molecule has 0 aliphatic carbocycles. The van der Waals surface area contributed by atoms with Crippen molar-refractivity contribution in [3.05, 3.63) is 71.9 Å². The van der Waals surface area contributed by atoms with Crippen molar-refractivity contribution >= 4 is 33.8 Å². The minimum atomic E-state index is 0.186. The maximum Gasteiger partial charge on any atom is 0.168 e. The van der Waals surface area contributed by atoms with E-state index in [4.69, 9.17) is 0 Å². The second-order valence-corrected chi connectivity index (χ2v) is 5.74. The van der Waals surface area contributed by atoms with Gasteiger partial charge in [-0.2, -0.15) is 5.10 Å². The summed E-state index contributed by atoms with van der Waals surface area (Å²) in [7, 11) is 0. The van der Waals surface area contributed by atoms with E-state index >= 15 is 0 Å². The number of fused-ring (bicyclic) bond motifs is 2. The first-order valence-electron chi connectivity index (χ1n) is 7.95. The molecule has 1 aromatic heterocycles. The zero-order valence-electron chi connectivity index (χ0n) is 13.6. The van der Waals surface area contributed by atoms with Crippen molar-refractivity contribution in [2.45, 2.75) is 6.92 Å². The predicted molar refractivity (Wildman–Crippen MR) is 101 cm³/mol. The van der Waals surface area contributed by atoms with Crippen LogP contribution in [0.5, 0.6) is 5.75 Å². The lowest BCUT2D eigenvalue weighted by Gasteiger charge is -2.07. The number of hydrogen-bond acceptors (Lipinski definition) is 5. The molecule has 0 saturated carbocycles. The summed E-state index contributed by atoms with van der Waals surface area (Å²) < 4.78 is 0. The van der Waals surface area contributed by atoms with Gasteiger partial charge in [0.2, 0.25) is 0 Å². The number of nitrogens with zero attached hydrogens (tertiary/aromatic N) is 3. The third kappa shape index (κ3) is 2.87. The molecule has 0 saturated heterocycles. The number of hydrogen-bond donors (Lipinski definition) is 2. The molecular formula is C20H16N4O. The summed E-state index contributed by atoms with van der Waals surface area (Å²) in [5.41, 5.74) is 6.01. The van der Waals surface area contributed by atoms with E-state index in [0.29, 0.717) is 11.4 Å². The number of aromatic nitrogens is 2. The monoisotopic (exact) mass is 328 g/mol. The molecule has 4 rings (SSSR count). The highest BCUT2D eigenvalue weighted by atomic mass is 16.3. The highest BCUT2D eigenvalue weighted by Gasteiger charge is 2.06. The lowest BCUT2D eigenvalue weighted by atomic mass is 10.0. The Bertz CT molecular complexity index is 1110. The molecule has 1 heterocycles. The van der Waals surface area contributed by atoms with Crippen LogP contribution in [-0.2, 0) is 0 Å². The van der Waals surface area contributed by atoms with Gasteiger partial charge in [0, 0.05) is 5.56 Å². The summed E-state index contributed by atoms with van der Waals surface area (Å²) in [6, 6.07) is 19.1. The molecule has 5 nitrogen and oxygen atoms in total. The first-order chi connectivity index (χ1) is 12.2. The Morgan fingerprint density at radius 3 is 2.48 bits per heavy atom. The van der Waals surface area contributed by atoms with E-state index in [2.05, 4.69) is 20.5 Å². The fraction of sp³-hybridized carbons (Fsp3) is 0.0500. The fourth-order valence-corrected chi connectivity index (χ4v) is 2.77. The molecular weight excluding hydrogens is 312 g/mol. The summed E-state index contributed by atoms with van der Waals surface area (Å²) >= 11 is 0. The first-order valence-corrected chi connectivity index (χ1v) is 7.95. The summed E-state index contributed by atoms with van der Waals surface area (Å²) in [5, 5.41) is 16.4. The highest BCUT2D eigenvalue weighted by Crippen LogP contribution is 2.25. The number of benzene rings is 3. The van der Waals surface area contributed by atoms with Crippen LogP contribution in [0.15, 0.2) is 65.8 Å². The highest BCUT2D eigenvalue weighted by molar-refractivity contribution is 6.02. The van der Waals surface area contributed by atoms with Crippen LogP contribution in [0, 0.1) is 6.92 Å². The van der Waals surface area contributed by atoms with Crippen LogP contribution < -0.4 is 5.43 Å². The average Bonchev–Trinajstić information content (AvgIpc) is 2.64. The Balaban J connectivity index is 1.68. The van der Waals surface area contributed by atoms with Crippen LogP contribution in [0.2, 0.25) is 0 Å². The molecule has 2 N–H and O–H groups in total. The van der Waals surface area contributed by atoms with Crippen molar-refractivity contribution < 1.29 is 5.11 Å². The molecule has 0 atom stereocenters. The molecule has 25 heavy (non-hydrogen) atoms. The molecule has 0 spiro atoms. The van der Waals surface area contributed by atoms with E-state index in [1.165, 1.54) is 0 Å². The van der Waals surface area contributed by atoms with Crippen LogP contribution in [-0.4, -0.2) is 21.3 Å². The van der Waals surface area contributed by atoms with Crippen molar-refractivity contribution in [1.29, 1.82) is 0 Å². The zero-order chi connectivity index (χ0) is 17.2. The van der Waals surface area contributed by atoms with Crippen LogP contribution in [0.1, 0.15) is 11.3 Å². The Morgan fingerprint density at radius 1 is 0.920 bits per heavy atom. The number of rotatable bonds is 3. The van der Waals surface area contributed by atoms with Crippen LogP contribution in [0.3, 0.4) is 0 Å². The van der Waals surface area contributed by atoms with Crippen LogP contribution in [0.25, 0.3) is 21.8 Å². The molecule has 0 fully saturated rings. The Kier molecular flexibility index (Phi) is 3.74. The smallest absolute Gasteiger partial charge is 0.168 e. The van der Waals surface area contributed by atoms with E-state index in [1.54, 1.807) is 12.3 Å². The number of phenolic OH excluding ortho intramolecular Hbond substituents is 1. The van der Waals surface area contributed by atoms with Gasteiger partial charge in [-0.15, -0.1) is 0 Å². The molecule has 122 valence electrons. The Hall–Kier alpha value is -3.47. The van der Waals surface area contributed by atoms with Crippen molar-refractivity contribution in [1.82, 2.24) is 9.97 Å². The average molecular weight is 328 g/mol. The third-order valence-corrected chi connectivity index (χ3v) is 4.06. The van der Waals surface area contributed by atoms with Crippen LogP contribution in [0.4, 0.5) is 5.82 Å². The van der Waals surface area contributed by atoms with Crippen molar-refractivity contribution in [2.75, 3.05) is 5.43 Å². The third-order valence-electron chi connectivity index (χ3n) is 4.06. The van der Waals surface area contributed by atoms with Gasteiger partial charge >= 0.3 is 0 Å². The largest absolute Gasteiger partial charge is 0.507 e. The molecule has 0 radical (unpaired) electrons. The molecule has 0 unspecified atom stereocenters. The van der Waals surface area contributed by atoms with Gasteiger partial charge in [-0.25, -0.2) is 9.97 Å². The lowest BCUT2D eigenvalue weighted by Crippen LogP contribution is -1.99. The topological polar surface area (TPSA) is 70.4 Å². The zero-order valence-corrected chi connectivity index (χ0v) is 13.6. The minimum Gasteiger partial charge on any atom is -0.507 e. The molecule has 0 bridgehead atoms. The number of aryl methyl sites for hydroxylation is 1. The van der Waals surface area contributed by atoms with Crippen molar-refractivity contribution in [3.8, 4) is 5.75 Å². The second kappa shape index (κ2) is 6.20. The molecule has 3 aromatic carbocycles. The summed E-state index contributed by atoms with van der Waals surface area (Å²) in [6.07, 6.45) is 1.61. The van der Waals surface area contributed by atoms with E-state index in [0.717, 1.165) is 27.5 Å². The Labute approximate surface area is 144 Å². The first kappa shape index (κ1) is 15.1. The molecule has 4 aromatic rings. The fourth-order valence-electron chi connectivity index (χ4n) is 2.77. The van der Waals surface area contributed by atoms with Gasteiger partial charge in [0.25, 0.3) is 0 Å². The standard InChI is InChI=1S/C20H16N4O/c1-13-20(23-18-9-5-4-8-17(18)22-13)24-21-12-16-15-7-3-2-6-14(15)10-11-19(16)25/h2-12,25H,1H3,(H,23,24)/b21-12-. The van der Waals surface area contributed by atoms with Gasteiger partial charge in [-0.05, 0) is 35.9 Å². The van der Waals surface area contributed by atoms with Crippen LogP contribution >= 0.6 is 0 Å². The number of anilines is 1. The van der Waals surface area contributed by atoms with E-state index in [-0.39, 0.29) is 5.75 Å². The van der Waals surface area contributed by atoms with Gasteiger partial charge in [-0.1, -0.05) is 42.5 Å². The van der Waals surface area contributed by atoms with Gasteiger partial charge < -0.3 is 5.11 Å². The maximum atomic E-state index is 10.2. The van der Waals surface area contributed by atoms with Gasteiger partial charge in [0.05, 0.1) is 22.9 Å². The normalized spacial score (nSPS) is 11.4. The quantitative estimate of drug-likeness (QED) is 0.436. The molecule has 0 amide bonds. The summed E-state index contributed by atoms with van der Waals surface area (Å²) in [6.45, 7) is 1.88. The maximum absolute atomic E-state index is 10.2. The van der Waals surface area contributed by atoms with Gasteiger partial charge in [0.15, 0.2) is 5.82 Å². The predicted octanol–water partition coefficient (Wildman–Crippen LogP) is 4.24. The van der Waals surface area contributed by atoms with E-state index in [9.17, 15) is 5.11 Å². The number of nitrogens with one attached hydrogen (secondary N) is 1. The van der Waals surface area contributed by atoms with Gasteiger partial charge in [-0.3, -0.25) is 5.43 Å². The summed E-state index contributed by atoms with van der Waals surface area (Å²) in [5.74, 6) is 0.778. The lowest BCUT2D eigenvalue weighted by molar-refractivity contribution is 0.475. The number of para-hydroxylation sites is 2. The molecule has 0 aliphatic rings. The SMILES string of the molecule is Cc1nc2ccccc2nc1N/N=C\c1c(O)ccc2ccccc12. The van der Waals surface area contributed by atoms with Crippen molar-refractivity contribution in [3.63, 3.8) is 0 Å². The van der Waals surface area contributed by atoms with E-state index in [1.807, 2.05) is 61.5 Å². The van der Waals surface area contributed by atoms with E-state index < -0.39 is 0 Å². The number of aromatic hydroxyl groups is 1. The summed E-state index contributed by atoms with van der Waals surface area (Å²) in [4.78, 5) is 9.06. The minimum absolute atomic E-state index is 0.186. The molecule has 5 heteroatoms.